The highest BCUT2D eigenvalue weighted by Crippen LogP contribution is 2.37. The molecular weight excluding hydrogens is 565 g/mol. The summed E-state index contributed by atoms with van der Waals surface area (Å²) in [7, 11) is 4.00. The van der Waals surface area contributed by atoms with Gasteiger partial charge >= 0.3 is 5.97 Å². The van der Waals surface area contributed by atoms with Crippen molar-refractivity contribution >= 4 is 35.9 Å². The minimum Gasteiger partial charge on any atom is -0.508 e. The third-order valence-electron chi connectivity index (χ3n) is 7.31. The van der Waals surface area contributed by atoms with Crippen molar-refractivity contribution in [1.29, 1.82) is 0 Å². The molecule has 0 saturated heterocycles. The Balaban J connectivity index is 0.00000462. The van der Waals surface area contributed by atoms with Crippen molar-refractivity contribution in [1.82, 2.24) is 15.2 Å². The van der Waals surface area contributed by atoms with E-state index in [0.717, 1.165) is 48.9 Å². The van der Waals surface area contributed by atoms with E-state index in [1.807, 2.05) is 27.1 Å². The lowest BCUT2D eigenvalue weighted by atomic mass is 9.81. The lowest BCUT2D eigenvalue weighted by molar-refractivity contribution is -0.145. The monoisotopic (exact) mass is 601 g/mol. The fourth-order valence-electron chi connectivity index (χ4n) is 5.13. The number of carbonyl (C=O) groups excluding carboxylic acids is 1. The Morgan fingerprint density at radius 3 is 2.41 bits per heavy atom. The van der Waals surface area contributed by atoms with Crippen LogP contribution in [-0.2, 0) is 4.79 Å². The number of benzene rings is 2. The number of nitrogens with zero attached hydrogens (tertiary/aromatic N) is 2. The van der Waals surface area contributed by atoms with Gasteiger partial charge in [0.1, 0.15) is 22.7 Å². The molecule has 1 heterocycles. The number of aryl methyl sites for hydroxylation is 1. The quantitative estimate of drug-likeness (QED) is 0.232. The minimum atomic E-state index is -1.29. The first kappa shape index (κ1) is 32.2. The number of hydrogen-bond donors (Lipinski definition) is 3. The number of phenols is 1. The molecule has 41 heavy (non-hydrogen) atoms. The number of aromatic hydroxyl groups is 1. The summed E-state index contributed by atoms with van der Waals surface area (Å²) < 4.78 is 5.99. The Morgan fingerprint density at radius 1 is 1.05 bits per heavy atom. The maximum Gasteiger partial charge on any atom is 0.329 e. The Morgan fingerprint density at radius 2 is 1.76 bits per heavy atom. The summed E-state index contributed by atoms with van der Waals surface area (Å²) in [6, 6.07) is 13.8. The van der Waals surface area contributed by atoms with Crippen LogP contribution in [-0.4, -0.2) is 64.8 Å². The second kappa shape index (κ2) is 14.0. The molecule has 3 N–H and O–H groups in total. The van der Waals surface area contributed by atoms with Gasteiger partial charge in [0.05, 0.1) is 17.3 Å². The molecule has 0 spiro atoms. The standard InChI is InChI=1S/C31H36ClN3O5.ClH/c1-20-18-22(36)9-10-23(20)24-11-13-26(29(37)34-31(30(38)39)14-5-4-6-15-31)33-28(24)21-8-12-25(32)27(19-21)40-17-7-16-35(2)3;/h8-13,18-19,36H,4-7,14-17H2,1-3H3,(H,34,37)(H,38,39);1H. The number of nitrogens with one attached hydrogen (secondary N) is 1. The highest BCUT2D eigenvalue weighted by atomic mass is 35.5. The summed E-state index contributed by atoms with van der Waals surface area (Å²) >= 11 is 6.46. The zero-order valence-corrected chi connectivity index (χ0v) is 25.1. The second-order valence-electron chi connectivity index (χ2n) is 10.6. The summed E-state index contributed by atoms with van der Waals surface area (Å²) in [5, 5.41) is 23.2. The Hall–Kier alpha value is -3.33. The van der Waals surface area contributed by atoms with Gasteiger partial charge in [0.15, 0.2) is 0 Å². The van der Waals surface area contributed by atoms with Gasteiger partial charge in [0.2, 0.25) is 0 Å². The number of aromatic nitrogens is 1. The number of rotatable bonds is 10. The molecule has 1 aliphatic carbocycles. The van der Waals surface area contributed by atoms with Gasteiger partial charge in [-0.25, -0.2) is 9.78 Å². The van der Waals surface area contributed by atoms with E-state index < -0.39 is 17.4 Å². The van der Waals surface area contributed by atoms with Crippen LogP contribution in [0, 0.1) is 6.92 Å². The predicted molar refractivity (Wildman–Crippen MR) is 163 cm³/mol. The first-order valence-corrected chi connectivity index (χ1v) is 13.9. The summed E-state index contributed by atoms with van der Waals surface area (Å²) in [6.45, 7) is 3.25. The SMILES string of the molecule is Cc1cc(O)ccc1-c1ccc(C(=O)NC2(C(=O)O)CCCCC2)nc1-c1ccc(Cl)c(OCCCN(C)C)c1.Cl. The van der Waals surface area contributed by atoms with Crippen LogP contribution in [0.3, 0.4) is 0 Å². The number of pyridine rings is 1. The van der Waals surface area contributed by atoms with Gasteiger partial charge in [0, 0.05) is 17.7 Å². The van der Waals surface area contributed by atoms with E-state index in [9.17, 15) is 19.8 Å². The molecule has 220 valence electrons. The van der Waals surface area contributed by atoms with Gasteiger partial charge in [-0.1, -0.05) is 43.0 Å². The Kier molecular flexibility index (Phi) is 11.0. The van der Waals surface area contributed by atoms with Crippen molar-refractivity contribution < 1.29 is 24.5 Å². The fraction of sp³-hybridized carbons (Fsp3) is 0.387. The van der Waals surface area contributed by atoms with Crippen molar-refractivity contribution in [3.8, 4) is 33.9 Å². The zero-order valence-electron chi connectivity index (χ0n) is 23.6. The number of amides is 1. The molecule has 1 fully saturated rings. The molecule has 8 nitrogen and oxygen atoms in total. The van der Waals surface area contributed by atoms with E-state index in [4.69, 9.17) is 21.3 Å². The van der Waals surface area contributed by atoms with Crippen molar-refractivity contribution in [3.05, 3.63) is 64.8 Å². The second-order valence-corrected chi connectivity index (χ2v) is 11.1. The summed E-state index contributed by atoms with van der Waals surface area (Å²) in [5.74, 6) is -0.896. The third-order valence-corrected chi connectivity index (χ3v) is 7.62. The van der Waals surface area contributed by atoms with Gasteiger partial charge in [0.25, 0.3) is 5.91 Å². The average molecular weight is 603 g/mol. The van der Waals surface area contributed by atoms with Crippen LogP contribution in [0.2, 0.25) is 5.02 Å². The molecule has 0 radical (unpaired) electrons. The third kappa shape index (κ3) is 7.70. The van der Waals surface area contributed by atoms with Crippen LogP contribution in [0.4, 0.5) is 0 Å². The molecule has 1 aromatic heterocycles. The summed E-state index contributed by atoms with van der Waals surface area (Å²) in [5.41, 5.74) is 2.45. The molecule has 3 aromatic rings. The van der Waals surface area contributed by atoms with Crippen molar-refractivity contribution in [2.75, 3.05) is 27.2 Å². The number of carboxylic acids is 1. The van der Waals surface area contributed by atoms with E-state index >= 15 is 0 Å². The molecule has 1 aliphatic rings. The summed E-state index contributed by atoms with van der Waals surface area (Å²) in [4.78, 5) is 32.4. The number of carboxylic acid groups (broad SMARTS) is 1. The van der Waals surface area contributed by atoms with Crippen molar-refractivity contribution in [3.63, 3.8) is 0 Å². The van der Waals surface area contributed by atoms with Gasteiger partial charge in [-0.05, 0) is 87.8 Å². The number of ether oxygens (including phenoxy) is 1. The van der Waals surface area contributed by atoms with E-state index in [0.29, 0.717) is 41.5 Å². The minimum absolute atomic E-state index is 0. The first-order valence-electron chi connectivity index (χ1n) is 13.5. The van der Waals surface area contributed by atoms with Crippen LogP contribution in [0.25, 0.3) is 22.4 Å². The molecule has 10 heteroatoms. The fourth-order valence-corrected chi connectivity index (χ4v) is 5.30. The molecular formula is C31H37Cl2N3O5. The predicted octanol–water partition coefficient (Wildman–Crippen LogP) is 6.35. The topological polar surface area (TPSA) is 112 Å². The molecule has 2 aromatic carbocycles. The number of halogens is 2. The number of phenolic OH excluding ortho intramolecular Hbond substituents is 1. The van der Waals surface area contributed by atoms with Crippen LogP contribution in [0.5, 0.6) is 11.5 Å². The van der Waals surface area contributed by atoms with Crippen molar-refractivity contribution in [2.24, 2.45) is 0 Å². The van der Waals surface area contributed by atoms with E-state index in [1.54, 1.807) is 42.5 Å². The van der Waals surface area contributed by atoms with Gasteiger partial charge < -0.3 is 25.2 Å². The summed E-state index contributed by atoms with van der Waals surface area (Å²) in [6.07, 6.45) is 4.03. The molecule has 1 saturated carbocycles. The molecule has 0 aliphatic heterocycles. The zero-order chi connectivity index (χ0) is 28.9. The molecule has 0 unspecified atom stereocenters. The van der Waals surface area contributed by atoms with Gasteiger partial charge in [-0.15, -0.1) is 12.4 Å². The molecule has 0 bridgehead atoms. The highest BCUT2D eigenvalue weighted by Gasteiger charge is 2.41. The maximum atomic E-state index is 13.4. The highest BCUT2D eigenvalue weighted by molar-refractivity contribution is 6.32. The lowest BCUT2D eigenvalue weighted by Crippen LogP contribution is -2.55. The van der Waals surface area contributed by atoms with E-state index in [-0.39, 0.29) is 23.9 Å². The molecule has 4 rings (SSSR count). The number of aliphatic carboxylic acids is 1. The van der Waals surface area contributed by atoms with Crippen LogP contribution in [0.15, 0.2) is 48.5 Å². The van der Waals surface area contributed by atoms with Crippen LogP contribution >= 0.6 is 24.0 Å². The smallest absolute Gasteiger partial charge is 0.329 e. The van der Waals surface area contributed by atoms with Crippen LogP contribution in [0.1, 0.15) is 54.6 Å². The number of hydrogen-bond acceptors (Lipinski definition) is 6. The van der Waals surface area contributed by atoms with E-state index in [2.05, 4.69) is 10.2 Å². The van der Waals surface area contributed by atoms with Gasteiger partial charge in [-0.3, -0.25) is 4.79 Å². The molecule has 1 amide bonds. The van der Waals surface area contributed by atoms with Crippen molar-refractivity contribution in [2.45, 2.75) is 51.0 Å². The van der Waals surface area contributed by atoms with Gasteiger partial charge in [-0.2, -0.15) is 0 Å². The first-order chi connectivity index (χ1) is 19.1. The Bertz CT molecular complexity index is 1390. The molecule has 0 atom stereocenters. The number of carbonyl (C=O) groups is 2. The van der Waals surface area contributed by atoms with E-state index in [1.165, 1.54) is 0 Å². The Labute approximate surface area is 252 Å². The average Bonchev–Trinajstić information content (AvgIpc) is 2.92. The normalized spacial score (nSPS) is 14.3. The largest absolute Gasteiger partial charge is 0.508 e. The maximum absolute atomic E-state index is 13.4. The lowest BCUT2D eigenvalue weighted by Gasteiger charge is -2.33. The van der Waals surface area contributed by atoms with Crippen LogP contribution < -0.4 is 10.1 Å².